The number of aromatic nitrogens is 1. The van der Waals surface area contributed by atoms with Gasteiger partial charge in [0.1, 0.15) is 12.3 Å². The molecule has 0 unspecified atom stereocenters. The van der Waals surface area contributed by atoms with Crippen molar-refractivity contribution in [3.63, 3.8) is 0 Å². The number of nitrogens with one attached hydrogen (secondary N) is 2. The van der Waals surface area contributed by atoms with Gasteiger partial charge in [0.05, 0.1) is 11.8 Å². The number of furan rings is 1. The summed E-state index contributed by atoms with van der Waals surface area (Å²) in [4.78, 5) is 24.1. The zero-order chi connectivity index (χ0) is 17.4. The summed E-state index contributed by atoms with van der Waals surface area (Å²) in [5.74, 6) is 0.946. The maximum atomic E-state index is 12.4. The summed E-state index contributed by atoms with van der Waals surface area (Å²) in [6.45, 7) is 0.251. The molecule has 1 aromatic carbocycles. The summed E-state index contributed by atoms with van der Waals surface area (Å²) in [7, 11) is 1.62. The monoisotopic (exact) mass is 337 g/mol. The van der Waals surface area contributed by atoms with E-state index in [0.717, 1.165) is 28.8 Å². The first-order chi connectivity index (χ1) is 12.2. The van der Waals surface area contributed by atoms with Crippen molar-refractivity contribution in [1.82, 2.24) is 9.88 Å². The van der Waals surface area contributed by atoms with Gasteiger partial charge in [0.25, 0.3) is 0 Å². The van der Waals surface area contributed by atoms with Gasteiger partial charge in [-0.1, -0.05) is 6.07 Å². The van der Waals surface area contributed by atoms with Crippen molar-refractivity contribution in [3.8, 4) is 0 Å². The van der Waals surface area contributed by atoms with E-state index in [4.69, 9.17) is 4.42 Å². The van der Waals surface area contributed by atoms with Crippen LogP contribution in [0.2, 0.25) is 0 Å². The van der Waals surface area contributed by atoms with Crippen molar-refractivity contribution in [3.05, 3.63) is 54.6 Å². The lowest BCUT2D eigenvalue weighted by atomic mass is 10.2. The molecule has 2 amide bonds. The van der Waals surface area contributed by atoms with Crippen LogP contribution in [0.5, 0.6) is 0 Å². The molecule has 0 spiro atoms. The summed E-state index contributed by atoms with van der Waals surface area (Å²) in [5.41, 5.74) is 1.65. The summed E-state index contributed by atoms with van der Waals surface area (Å²) < 4.78 is 7.25. The molecule has 0 bridgehead atoms. The molecule has 1 fully saturated rings. The van der Waals surface area contributed by atoms with E-state index in [1.54, 1.807) is 13.3 Å². The molecule has 6 heteroatoms. The molecule has 0 saturated heterocycles. The van der Waals surface area contributed by atoms with Crippen LogP contribution in [-0.2, 0) is 16.1 Å². The van der Waals surface area contributed by atoms with E-state index < -0.39 is 0 Å². The molecule has 2 N–H and O–H groups in total. The summed E-state index contributed by atoms with van der Waals surface area (Å²) >= 11 is 0. The number of nitrogens with zero attached hydrogens (tertiary/aromatic N) is 1. The molecule has 0 aliphatic heterocycles. The summed E-state index contributed by atoms with van der Waals surface area (Å²) in [6.07, 6.45) is 4.32. The van der Waals surface area contributed by atoms with Gasteiger partial charge in [0.15, 0.2) is 0 Å². The molecule has 3 aromatic rings. The van der Waals surface area contributed by atoms with E-state index >= 15 is 0 Å². The zero-order valence-electron chi connectivity index (χ0n) is 13.9. The molecule has 2 aromatic heterocycles. The SMILES string of the molecule is CNC(=O)Cn1ccc2ccc(NC(=O)[C@H]3C[C@H]3c3ccco3)cc21. The average molecular weight is 337 g/mol. The molecule has 2 atom stereocenters. The normalized spacial score (nSPS) is 18.9. The highest BCUT2D eigenvalue weighted by molar-refractivity contribution is 5.97. The minimum absolute atomic E-state index is 0.00478. The molecule has 2 heterocycles. The van der Waals surface area contributed by atoms with Gasteiger partial charge in [-0.15, -0.1) is 0 Å². The van der Waals surface area contributed by atoms with Crippen LogP contribution in [0.4, 0.5) is 5.69 Å². The lowest BCUT2D eigenvalue weighted by Gasteiger charge is -2.08. The fourth-order valence-corrected chi connectivity index (χ4v) is 3.17. The van der Waals surface area contributed by atoms with Gasteiger partial charge < -0.3 is 19.6 Å². The molecule has 1 aliphatic rings. The van der Waals surface area contributed by atoms with Gasteiger partial charge in [-0.25, -0.2) is 0 Å². The summed E-state index contributed by atoms with van der Waals surface area (Å²) in [5, 5.41) is 6.62. The zero-order valence-corrected chi connectivity index (χ0v) is 13.9. The largest absolute Gasteiger partial charge is 0.469 e. The third-order valence-electron chi connectivity index (χ3n) is 4.67. The van der Waals surface area contributed by atoms with E-state index in [9.17, 15) is 9.59 Å². The second-order valence-corrected chi connectivity index (χ2v) is 6.34. The van der Waals surface area contributed by atoms with Gasteiger partial charge in [-0.2, -0.15) is 0 Å². The first kappa shape index (κ1) is 15.5. The highest BCUT2D eigenvalue weighted by Gasteiger charge is 2.45. The molecule has 0 radical (unpaired) electrons. The molecule has 6 nitrogen and oxygen atoms in total. The Balaban J connectivity index is 1.49. The topological polar surface area (TPSA) is 76.3 Å². The van der Waals surface area contributed by atoms with E-state index in [0.29, 0.717) is 0 Å². The second-order valence-electron chi connectivity index (χ2n) is 6.34. The Bertz CT molecular complexity index is 927. The molecule has 4 rings (SSSR count). The number of anilines is 1. The number of amides is 2. The molecular formula is C19H19N3O3. The highest BCUT2D eigenvalue weighted by Crippen LogP contribution is 2.48. The Labute approximate surface area is 144 Å². The Kier molecular flexibility index (Phi) is 3.80. The van der Waals surface area contributed by atoms with Crippen molar-refractivity contribution in [2.24, 2.45) is 5.92 Å². The first-order valence-electron chi connectivity index (χ1n) is 8.29. The van der Waals surface area contributed by atoms with Gasteiger partial charge in [0, 0.05) is 30.8 Å². The smallest absolute Gasteiger partial charge is 0.239 e. The van der Waals surface area contributed by atoms with E-state index in [1.807, 2.05) is 47.2 Å². The maximum absolute atomic E-state index is 12.4. The van der Waals surface area contributed by atoms with Gasteiger partial charge >= 0.3 is 0 Å². The average Bonchev–Trinajstić information content (AvgIpc) is 3.05. The summed E-state index contributed by atoms with van der Waals surface area (Å²) in [6, 6.07) is 11.4. The number of likely N-dealkylation sites (N-methyl/N-ethyl adjacent to an activating group) is 1. The molecule has 25 heavy (non-hydrogen) atoms. The third kappa shape index (κ3) is 3.03. The fraction of sp³-hybridized carbons (Fsp3) is 0.263. The minimum atomic E-state index is -0.0637. The van der Waals surface area contributed by atoms with Crippen LogP contribution in [0.25, 0.3) is 10.9 Å². The maximum Gasteiger partial charge on any atom is 0.239 e. The quantitative estimate of drug-likeness (QED) is 0.751. The van der Waals surface area contributed by atoms with Crippen molar-refractivity contribution in [2.75, 3.05) is 12.4 Å². The van der Waals surface area contributed by atoms with Crippen LogP contribution in [0, 0.1) is 5.92 Å². The molecule has 1 saturated carbocycles. The van der Waals surface area contributed by atoms with Crippen molar-refractivity contribution >= 4 is 28.4 Å². The van der Waals surface area contributed by atoms with Crippen molar-refractivity contribution in [2.45, 2.75) is 18.9 Å². The van der Waals surface area contributed by atoms with Crippen molar-refractivity contribution < 1.29 is 14.0 Å². The highest BCUT2D eigenvalue weighted by atomic mass is 16.3. The number of hydrogen-bond acceptors (Lipinski definition) is 3. The van der Waals surface area contributed by atoms with E-state index in [-0.39, 0.29) is 30.2 Å². The van der Waals surface area contributed by atoms with Gasteiger partial charge in [-0.05, 0) is 42.1 Å². The number of rotatable bonds is 5. The van der Waals surface area contributed by atoms with Crippen LogP contribution in [0.15, 0.2) is 53.3 Å². The third-order valence-corrected chi connectivity index (χ3v) is 4.67. The number of benzene rings is 1. The lowest BCUT2D eigenvalue weighted by molar-refractivity contribution is -0.121. The number of carbonyl (C=O) groups excluding carboxylic acids is 2. The predicted octanol–water partition coefficient (Wildman–Crippen LogP) is 2.72. The van der Waals surface area contributed by atoms with Crippen LogP contribution in [0.1, 0.15) is 18.1 Å². The van der Waals surface area contributed by atoms with Crippen LogP contribution >= 0.6 is 0 Å². The lowest BCUT2D eigenvalue weighted by Crippen LogP contribution is -2.23. The Morgan fingerprint density at radius 2 is 2.16 bits per heavy atom. The van der Waals surface area contributed by atoms with Gasteiger partial charge in [0.2, 0.25) is 11.8 Å². The number of fused-ring (bicyclic) bond motifs is 1. The standard InChI is InChI=1S/C19H19N3O3/c1-20-18(23)11-22-7-6-12-4-5-13(9-16(12)22)21-19(24)15-10-14(15)17-3-2-8-25-17/h2-9,14-15H,10-11H2,1H3,(H,20,23)(H,21,24)/t14-,15+/m1/s1. The van der Waals surface area contributed by atoms with Gasteiger partial charge in [-0.3, -0.25) is 9.59 Å². The number of hydrogen-bond donors (Lipinski definition) is 2. The van der Waals surface area contributed by atoms with Crippen LogP contribution < -0.4 is 10.6 Å². The van der Waals surface area contributed by atoms with Crippen LogP contribution in [-0.4, -0.2) is 23.4 Å². The van der Waals surface area contributed by atoms with E-state index in [1.165, 1.54) is 0 Å². The Morgan fingerprint density at radius 3 is 2.92 bits per heavy atom. The molecule has 1 aliphatic carbocycles. The van der Waals surface area contributed by atoms with Crippen LogP contribution in [0.3, 0.4) is 0 Å². The fourth-order valence-electron chi connectivity index (χ4n) is 3.17. The first-order valence-corrected chi connectivity index (χ1v) is 8.29. The second kappa shape index (κ2) is 6.12. The van der Waals surface area contributed by atoms with Crippen molar-refractivity contribution in [1.29, 1.82) is 0 Å². The predicted molar refractivity (Wildman–Crippen MR) is 94.2 cm³/mol. The molecule has 128 valence electrons. The Morgan fingerprint density at radius 1 is 1.28 bits per heavy atom. The molecular weight excluding hydrogens is 318 g/mol. The number of carbonyl (C=O) groups is 2. The minimum Gasteiger partial charge on any atom is -0.469 e. The Hall–Kier alpha value is -3.02. The van der Waals surface area contributed by atoms with E-state index in [2.05, 4.69) is 10.6 Å².